The highest BCUT2D eigenvalue weighted by molar-refractivity contribution is 5.77. The van der Waals surface area contributed by atoms with Crippen molar-refractivity contribution in [3.63, 3.8) is 0 Å². The van der Waals surface area contributed by atoms with Crippen LogP contribution in [0.5, 0.6) is 0 Å². The summed E-state index contributed by atoms with van der Waals surface area (Å²) in [5.74, 6) is 0.851. The van der Waals surface area contributed by atoms with E-state index in [9.17, 15) is 4.79 Å². The molecule has 1 aromatic heterocycles. The number of carbonyl (C=O) groups is 1. The van der Waals surface area contributed by atoms with Gasteiger partial charge in [-0.15, -0.1) is 0 Å². The molecule has 0 radical (unpaired) electrons. The number of nitrogens with one attached hydrogen (secondary N) is 1. The fraction of sp³-hybridized carbons (Fsp3) is 0.667. The summed E-state index contributed by atoms with van der Waals surface area (Å²) in [6.45, 7) is 5.26. The molecule has 2 rings (SSSR count). The van der Waals surface area contributed by atoms with Crippen molar-refractivity contribution >= 4 is 5.91 Å². The quantitative estimate of drug-likeness (QED) is 0.829. The molecule has 0 spiro atoms. The van der Waals surface area contributed by atoms with Crippen molar-refractivity contribution in [2.45, 2.75) is 32.2 Å². The van der Waals surface area contributed by atoms with Crippen LogP contribution in [0.3, 0.4) is 0 Å². The lowest BCUT2D eigenvalue weighted by Gasteiger charge is -2.33. The third kappa shape index (κ3) is 4.35. The van der Waals surface area contributed by atoms with Crippen LogP contribution in [0.25, 0.3) is 0 Å². The molecule has 20 heavy (non-hydrogen) atoms. The van der Waals surface area contributed by atoms with E-state index in [-0.39, 0.29) is 18.6 Å². The van der Waals surface area contributed by atoms with Gasteiger partial charge < -0.3 is 14.5 Å². The van der Waals surface area contributed by atoms with Crippen molar-refractivity contribution in [1.82, 2.24) is 10.2 Å². The molecular formula is C15H24N2O3. The number of piperidine rings is 1. The van der Waals surface area contributed by atoms with E-state index in [0.717, 1.165) is 18.8 Å². The van der Waals surface area contributed by atoms with E-state index in [1.807, 2.05) is 19.1 Å². The van der Waals surface area contributed by atoms with Crippen LogP contribution in [0.1, 0.15) is 38.0 Å². The highest BCUT2D eigenvalue weighted by atomic mass is 16.5. The molecule has 1 aliphatic heterocycles. The molecular weight excluding hydrogens is 256 g/mol. The van der Waals surface area contributed by atoms with E-state index in [1.165, 1.54) is 19.3 Å². The largest absolute Gasteiger partial charge is 0.468 e. The van der Waals surface area contributed by atoms with Crippen molar-refractivity contribution in [2.24, 2.45) is 0 Å². The molecule has 112 valence electrons. The molecule has 1 aliphatic rings. The second kappa shape index (κ2) is 8.07. The second-order valence-electron chi connectivity index (χ2n) is 5.07. The summed E-state index contributed by atoms with van der Waals surface area (Å²) in [5.41, 5.74) is 0. The van der Waals surface area contributed by atoms with Gasteiger partial charge in [0.25, 0.3) is 0 Å². The van der Waals surface area contributed by atoms with Crippen molar-refractivity contribution in [1.29, 1.82) is 0 Å². The number of carbonyl (C=O) groups excluding carboxylic acids is 1. The van der Waals surface area contributed by atoms with Crippen LogP contribution in [-0.4, -0.2) is 43.7 Å². The van der Waals surface area contributed by atoms with Crippen LogP contribution >= 0.6 is 0 Å². The summed E-state index contributed by atoms with van der Waals surface area (Å²) >= 11 is 0. The summed E-state index contributed by atoms with van der Waals surface area (Å²) in [4.78, 5) is 14.1. The Morgan fingerprint density at radius 3 is 2.90 bits per heavy atom. The topological polar surface area (TPSA) is 54.7 Å². The number of rotatable bonds is 7. The predicted octanol–water partition coefficient (Wildman–Crippen LogP) is 1.96. The van der Waals surface area contributed by atoms with Gasteiger partial charge in [0.05, 0.1) is 12.3 Å². The lowest BCUT2D eigenvalue weighted by Crippen LogP contribution is -2.41. The molecule has 1 N–H and O–H groups in total. The first kappa shape index (κ1) is 15.1. The fourth-order valence-electron chi connectivity index (χ4n) is 2.58. The number of nitrogens with zero attached hydrogens (tertiary/aromatic N) is 1. The summed E-state index contributed by atoms with van der Waals surface area (Å²) in [7, 11) is 0. The van der Waals surface area contributed by atoms with Crippen LogP contribution < -0.4 is 5.32 Å². The minimum atomic E-state index is -0.0691. The Balaban J connectivity index is 1.91. The van der Waals surface area contributed by atoms with Crippen LogP contribution in [0.15, 0.2) is 22.8 Å². The van der Waals surface area contributed by atoms with Crippen LogP contribution in [0.4, 0.5) is 0 Å². The standard InChI is InChI=1S/C15H24N2O3/c1-2-19-12-15(18)16-11-13(14-7-6-10-20-14)17-8-4-3-5-9-17/h6-7,10,13H,2-5,8-9,11-12H2,1H3,(H,16,18). The number of likely N-dealkylation sites (tertiary alicyclic amines) is 1. The summed E-state index contributed by atoms with van der Waals surface area (Å²) in [6, 6.07) is 4.00. The molecule has 1 saturated heterocycles. The number of hydrogen-bond donors (Lipinski definition) is 1. The Bertz CT molecular complexity index is 386. The fourth-order valence-corrected chi connectivity index (χ4v) is 2.58. The van der Waals surface area contributed by atoms with Gasteiger partial charge in [0.15, 0.2) is 0 Å². The molecule has 1 unspecified atom stereocenters. The average Bonchev–Trinajstić information content (AvgIpc) is 3.00. The Kier molecular flexibility index (Phi) is 6.08. The zero-order valence-corrected chi connectivity index (χ0v) is 12.1. The average molecular weight is 280 g/mol. The van der Waals surface area contributed by atoms with E-state index in [2.05, 4.69) is 10.2 Å². The zero-order valence-electron chi connectivity index (χ0n) is 12.1. The first-order valence-corrected chi connectivity index (χ1v) is 7.43. The third-order valence-corrected chi connectivity index (χ3v) is 3.63. The van der Waals surface area contributed by atoms with Crippen molar-refractivity contribution in [3.8, 4) is 0 Å². The Morgan fingerprint density at radius 1 is 1.45 bits per heavy atom. The first-order chi connectivity index (χ1) is 9.81. The first-order valence-electron chi connectivity index (χ1n) is 7.43. The third-order valence-electron chi connectivity index (χ3n) is 3.63. The zero-order chi connectivity index (χ0) is 14.2. The number of amides is 1. The molecule has 0 saturated carbocycles. The summed E-state index contributed by atoms with van der Waals surface area (Å²) in [6.07, 6.45) is 5.40. The highest BCUT2D eigenvalue weighted by Gasteiger charge is 2.24. The molecule has 0 aromatic carbocycles. The SMILES string of the molecule is CCOCC(=O)NCC(c1ccco1)N1CCCCC1. The van der Waals surface area contributed by atoms with Gasteiger partial charge in [-0.25, -0.2) is 0 Å². The Labute approximate surface area is 120 Å². The van der Waals surface area contributed by atoms with E-state index >= 15 is 0 Å². The smallest absolute Gasteiger partial charge is 0.246 e. The maximum atomic E-state index is 11.7. The van der Waals surface area contributed by atoms with Gasteiger partial charge in [0.1, 0.15) is 12.4 Å². The van der Waals surface area contributed by atoms with E-state index < -0.39 is 0 Å². The summed E-state index contributed by atoms with van der Waals surface area (Å²) in [5, 5.41) is 2.94. The molecule has 0 aliphatic carbocycles. The molecule has 1 atom stereocenters. The monoisotopic (exact) mass is 280 g/mol. The van der Waals surface area contributed by atoms with Crippen LogP contribution in [-0.2, 0) is 9.53 Å². The second-order valence-corrected chi connectivity index (χ2v) is 5.07. The minimum Gasteiger partial charge on any atom is -0.468 e. The van der Waals surface area contributed by atoms with E-state index in [1.54, 1.807) is 6.26 Å². The van der Waals surface area contributed by atoms with Gasteiger partial charge in [-0.2, -0.15) is 0 Å². The molecule has 0 bridgehead atoms. The maximum Gasteiger partial charge on any atom is 0.246 e. The predicted molar refractivity (Wildman–Crippen MR) is 76.4 cm³/mol. The van der Waals surface area contributed by atoms with Crippen molar-refractivity contribution in [3.05, 3.63) is 24.2 Å². The Morgan fingerprint density at radius 2 is 2.25 bits per heavy atom. The number of ether oxygens (including phenoxy) is 1. The normalized spacial score (nSPS) is 17.9. The maximum absolute atomic E-state index is 11.7. The molecule has 1 aromatic rings. The van der Waals surface area contributed by atoms with Gasteiger partial charge in [-0.3, -0.25) is 9.69 Å². The number of furan rings is 1. The van der Waals surface area contributed by atoms with Gasteiger partial charge in [-0.1, -0.05) is 6.42 Å². The molecule has 5 nitrogen and oxygen atoms in total. The van der Waals surface area contributed by atoms with Gasteiger partial charge in [0.2, 0.25) is 5.91 Å². The molecule has 1 fully saturated rings. The minimum absolute atomic E-state index is 0.0691. The number of hydrogen-bond acceptors (Lipinski definition) is 4. The van der Waals surface area contributed by atoms with Crippen molar-refractivity contribution < 1.29 is 13.9 Å². The lowest BCUT2D eigenvalue weighted by molar-refractivity contribution is -0.125. The molecule has 1 amide bonds. The van der Waals surface area contributed by atoms with Crippen LogP contribution in [0, 0.1) is 0 Å². The van der Waals surface area contributed by atoms with Gasteiger partial charge in [-0.05, 0) is 45.0 Å². The van der Waals surface area contributed by atoms with E-state index in [0.29, 0.717) is 13.2 Å². The summed E-state index contributed by atoms with van der Waals surface area (Å²) < 4.78 is 10.7. The highest BCUT2D eigenvalue weighted by Crippen LogP contribution is 2.24. The molecule has 5 heteroatoms. The van der Waals surface area contributed by atoms with E-state index in [4.69, 9.17) is 9.15 Å². The Hall–Kier alpha value is -1.33. The van der Waals surface area contributed by atoms with Gasteiger partial charge in [0, 0.05) is 13.2 Å². The van der Waals surface area contributed by atoms with Crippen LogP contribution in [0.2, 0.25) is 0 Å². The molecule has 2 heterocycles. The van der Waals surface area contributed by atoms with Crippen molar-refractivity contribution in [2.75, 3.05) is 32.8 Å². The van der Waals surface area contributed by atoms with Gasteiger partial charge >= 0.3 is 0 Å². The lowest BCUT2D eigenvalue weighted by atomic mass is 10.1.